The minimum absolute atomic E-state index is 0.0707. The van der Waals surface area contributed by atoms with Crippen molar-refractivity contribution in [3.05, 3.63) is 65.0 Å². The maximum Gasteiger partial charge on any atom is 0.356 e. The Hall–Kier alpha value is -3.77. The van der Waals surface area contributed by atoms with Crippen molar-refractivity contribution in [1.29, 1.82) is 0 Å². The van der Waals surface area contributed by atoms with Gasteiger partial charge < -0.3 is 10.4 Å². The molecule has 3 rings (SSSR count). The number of carbonyl (C=O) groups excluding carboxylic acids is 1. The first-order chi connectivity index (χ1) is 14.1. The quantitative estimate of drug-likeness (QED) is 0.357. The van der Waals surface area contributed by atoms with E-state index in [-0.39, 0.29) is 11.4 Å². The fraction of sp³-hybridized carbons (Fsp3) is 0.176. The van der Waals surface area contributed by atoms with Crippen LogP contribution in [0.1, 0.15) is 29.0 Å². The van der Waals surface area contributed by atoms with Gasteiger partial charge >= 0.3 is 5.97 Å². The minimum atomic E-state index is -2.26. The Bertz CT molecular complexity index is 1110. The molecule has 2 N–H and O–H groups in total. The standard InChI is InChI=1S/C17H12F5N5O3/c1-7(27-3-2-10(25-27)17(29)30)16(28)24-8-4-23-26(5-8)6-9-11(18)13(20)15(22)14(21)12(9)19/h2-5,7H,6H2,1H3,(H,24,28)(H,29,30). The molecule has 8 nitrogen and oxygen atoms in total. The van der Waals surface area contributed by atoms with Gasteiger partial charge in [-0.05, 0) is 13.0 Å². The molecule has 0 bridgehead atoms. The van der Waals surface area contributed by atoms with E-state index in [4.69, 9.17) is 5.11 Å². The molecule has 0 spiro atoms. The Morgan fingerprint density at radius 3 is 2.27 bits per heavy atom. The van der Waals surface area contributed by atoms with E-state index in [0.717, 1.165) is 21.8 Å². The lowest BCUT2D eigenvalue weighted by atomic mass is 10.1. The number of carboxylic acids is 1. The lowest BCUT2D eigenvalue weighted by Gasteiger charge is -2.11. The molecule has 2 aromatic heterocycles. The van der Waals surface area contributed by atoms with Crippen molar-refractivity contribution in [2.75, 3.05) is 5.32 Å². The number of carboxylic acid groups (broad SMARTS) is 1. The van der Waals surface area contributed by atoms with Crippen molar-refractivity contribution in [3.8, 4) is 0 Å². The van der Waals surface area contributed by atoms with Crippen LogP contribution in [0.2, 0.25) is 0 Å². The van der Waals surface area contributed by atoms with Crippen LogP contribution in [0.5, 0.6) is 0 Å². The van der Waals surface area contributed by atoms with Gasteiger partial charge in [0.15, 0.2) is 29.0 Å². The van der Waals surface area contributed by atoms with E-state index in [2.05, 4.69) is 15.5 Å². The van der Waals surface area contributed by atoms with E-state index in [1.807, 2.05) is 0 Å². The Balaban J connectivity index is 1.74. The number of halogens is 5. The van der Waals surface area contributed by atoms with E-state index in [1.165, 1.54) is 19.2 Å². The molecule has 0 aliphatic heterocycles. The highest BCUT2D eigenvalue weighted by atomic mass is 19.2. The van der Waals surface area contributed by atoms with E-state index < -0.39 is 59.1 Å². The molecule has 0 saturated carbocycles. The summed E-state index contributed by atoms with van der Waals surface area (Å²) in [5, 5.41) is 18.7. The third kappa shape index (κ3) is 3.86. The molecule has 0 saturated heterocycles. The summed E-state index contributed by atoms with van der Waals surface area (Å²) < 4.78 is 69.2. The first-order valence-electron chi connectivity index (χ1n) is 8.22. The Morgan fingerprint density at radius 2 is 1.70 bits per heavy atom. The lowest BCUT2D eigenvalue weighted by Crippen LogP contribution is -2.24. The smallest absolute Gasteiger partial charge is 0.356 e. The molecular weight excluding hydrogens is 417 g/mol. The van der Waals surface area contributed by atoms with Crippen molar-refractivity contribution < 1.29 is 36.6 Å². The van der Waals surface area contributed by atoms with Crippen LogP contribution in [-0.4, -0.2) is 36.5 Å². The second-order valence-corrected chi connectivity index (χ2v) is 6.13. The Labute approximate surface area is 164 Å². The van der Waals surface area contributed by atoms with E-state index in [9.17, 15) is 31.5 Å². The highest BCUT2D eigenvalue weighted by Gasteiger charge is 2.26. The van der Waals surface area contributed by atoms with Gasteiger partial charge in [0.25, 0.3) is 0 Å². The molecule has 13 heteroatoms. The summed E-state index contributed by atoms with van der Waals surface area (Å²) in [6, 6.07) is 0.283. The lowest BCUT2D eigenvalue weighted by molar-refractivity contribution is -0.119. The van der Waals surface area contributed by atoms with Gasteiger partial charge in [-0.2, -0.15) is 10.2 Å². The van der Waals surface area contributed by atoms with E-state index >= 15 is 0 Å². The van der Waals surface area contributed by atoms with Crippen molar-refractivity contribution in [1.82, 2.24) is 19.6 Å². The normalized spacial score (nSPS) is 12.1. The third-order valence-electron chi connectivity index (χ3n) is 4.13. The van der Waals surface area contributed by atoms with Crippen molar-refractivity contribution in [2.45, 2.75) is 19.5 Å². The van der Waals surface area contributed by atoms with Gasteiger partial charge in [-0.15, -0.1) is 0 Å². The zero-order valence-corrected chi connectivity index (χ0v) is 15.0. The maximum absolute atomic E-state index is 13.8. The number of rotatable bonds is 6. The number of hydrogen-bond donors (Lipinski definition) is 2. The average Bonchev–Trinajstić information content (AvgIpc) is 3.37. The fourth-order valence-corrected chi connectivity index (χ4v) is 2.50. The number of nitrogens with zero attached hydrogens (tertiary/aromatic N) is 4. The Morgan fingerprint density at radius 1 is 1.10 bits per heavy atom. The van der Waals surface area contributed by atoms with Crippen molar-refractivity contribution >= 4 is 17.6 Å². The molecule has 1 amide bonds. The fourth-order valence-electron chi connectivity index (χ4n) is 2.50. The van der Waals surface area contributed by atoms with Crippen LogP contribution in [0.4, 0.5) is 27.6 Å². The highest BCUT2D eigenvalue weighted by molar-refractivity contribution is 5.93. The predicted octanol–water partition coefficient (Wildman–Crippen LogP) is 2.72. The van der Waals surface area contributed by atoms with Gasteiger partial charge in [-0.1, -0.05) is 0 Å². The maximum atomic E-state index is 13.8. The molecule has 0 fully saturated rings. The number of nitrogens with one attached hydrogen (secondary N) is 1. The van der Waals surface area contributed by atoms with Crippen LogP contribution in [-0.2, 0) is 11.3 Å². The van der Waals surface area contributed by atoms with Gasteiger partial charge in [0, 0.05) is 12.4 Å². The topological polar surface area (TPSA) is 102 Å². The third-order valence-corrected chi connectivity index (χ3v) is 4.13. The zero-order chi connectivity index (χ0) is 22.2. The number of benzene rings is 1. The van der Waals surface area contributed by atoms with Crippen LogP contribution in [0.25, 0.3) is 0 Å². The number of hydrogen-bond acceptors (Lipinski definition) is 4. The molecule has 0 aliphatic rings. The molecule has 1 aromatic carbocycles. The van der Waals surface area contributed by atoms with Crippen LogP contribution in [0.15, 0.2) is 24.7 Å². The minimum Gasteiger partial charge on any atom is -0.476 e. The van der Waals surface area contributed by atoms with Gasteiger partial charge in [-0.3, -0.25) is 14.2 Å². The number of carbonyl (C=O) groups is 2. The van der Waals surface area contributed by atoms with Crippen molar-refractivity contribution in [3.63, 3.8) is 0 Å². The summed E-state index contributed by atoms with van der Waals surface area (Å²) in [6.07, 6.45) is 3.51. The molecule has 2 heterocycles. The van der Waals surface area contributed by atoms with Gasteiger partial charge in [-0.25, -0.2) is 26.7 Å². The molecule has 0 aliphatic carbocycles. The molecule has 30 heavy (non-hydrogen) atoms. The van der Waals surface area contributed by atoms with Gasteiger partial charge in [0.2, 0.25) is 11.7 Å². The predicted molar refractivity (Wildman–Crippen MR) is 90.1 cm³/mol. The Kier molecular flexibility index (Phi) is 5.54. The molecule has 158 valence electrons. The number of amides is 1. The SMILES string of the molecule is CC(C(=O)Nc1cnn(Cc2c(F)c(F)c(F)c(F)c2F)c1)n1ccc(C(=O)O)n1. The second-order valence-electron chi connectivity index (χ2n) is 6.13. The van der Waals surface area contributed by atoms with E-state index in [0.29, 0.717) is 0 Å². The largest absolute Gasteiger partial charge is 0.476 e. The molecule has 3 aromatic rings. The number of anilines is 1. The monoisotopic (exact) mass is 429 g/mol. The summed E-state index contributed by atoms with van der Waals surface area (Å²) in [4.78, 5) is 23.1. The number of aromatic nitrogens is 4. The summed E-state index contributed by atoms with van der Waals surface area (Å²) in [6.45, 7) is 0.658. The second kappa shape index (κ2) is 7.93. The molecular formula is C17H12F5N5O3. The zero-order valence-electron chi connectivity index (χ0n) is 15.0. The van der Waals surface area contributed by atoms with Crippen LogP contribution in [0, 0.1) is 29.1 Å². The van der Waals surface area contributed by atoms with Crippen LogP contribution < -0.4 is 5.32 Å². The first-order valence-corrected chi connectivity index (χ1v) is 8.22. The van der Waals surface area contributed by atoms with Crippen LogP contribution in [0.3, 0.4) is 0 Å². The molecule has 1 atom stereocenters. The highest BCUT2D eigenvalue weighted by Crippen LogP contribution is 2.24. The summed E-state index contributed by atoms with van der Waals surface area (Å²) in [7, 11) is 0. The molecule has 0 radical (unpaired) electrons. The van der Waals surface area contributed by atoms with E-state index in [1.54, 1.807) is 0 Å². The van der Waals surface area contributed by atoms with Gasteiger partial charge in [0.05, 0.1) is 24.0 Å². The van der Waals surface area contributed by atoms with Crippen LogP contribution >= 0.6 is 0 Å². The van der Waals surface area contributed by atoms with Gasteiger partial charge in [0.1, 0.15) is 6.04 Å². The van der Waals surface area contributed by atoms with Crippen molar-refractivity contribution in [2.24, 2.45) is 0 Å². The first kappa shape index (κ1) is 21.0. The summed E-state index contributed by atoms with van der Waals surface area (Å²) in [5.41, 5.74) is -1.27. The summed E-state index contributed by atoms with van der Waals surface area (Å²) >= 11 is 0. The number of aromatic carboxylic acids is 1. The summed E-state index contributed by atoms with van der Waals surface area (Å²) in [5.74, 6) is -12.2. The average molecular weight is 429 g/mol. The molecule has 1 unspecified atom stereocenters.